The van der Waals surface area contributed by atoms with Crippen molar-refractivity contribution in [3.05, 3.63) is 181 Å². The lowest BCUT2D eigenvalue weighted by Crippen LogP contribution is -2.01. The molecule has 3 aromatic heterocycles. The minimum Gasteiger partial charge on any atom is -0.456 e. The number of benzene rings is 7. The fourth-order valence-electron chi connectivity index (χ4n) is 7.61. The van der Waals surface area contributed by atoms with Gasteiger partial charge in [0.15, 0.2) is 0 Å². The summed E-state index contributed by atoms with van der Waals surface area (Å²) in [6.45, 7) is 0. The number of hydrogen-bond donors (Lipinski definition) is 0. The van der Waals surface area contributed by atoms with Gasteiger partial charge in [-0.3, -0.25) is 0 Å². The van der Waals surface area contributed by atoms with E-state index in [-0.39, 0.29) is 0 Å². The highest BCUT2D eigenvalue weighted by molar-refractivity contribution is 6.12. The number of para-hydroxylation sites is 3. The van der Waals surface area contributed by atoms with E-state index in [1.54, 1.807) is 0 Å². The maximum atomic E-state index is 10.6. The molecule has 0 saturated carbocycles. The summed E-state index contributed by atoms with van der Waals surface area (Å²) in [6, 6.07) is 63.1. The quantitative estimate of drug-likeness (QED) is 0.184. The van der Waals surface area contributed by atoms with Crippen LogP contribution in [0.15, 0.2) is 180 Å². The van der Waals surface area contributed by atoms with Crippen LogP contribution in [0.25, 0.3) is 94.2 Å². The number of aromatic nitrogens is 2. The van der Waals surface area contributed by atoms with Gasteiger partial charge in [0.1, 0.15) is 17.2 Å². The smallest absolute Gasteiger partial charge is 0.135 e. The van der Waals surface area contributed by atoms with E-state index in [0.29, 0.717) is 5.56 Å². The van der Waals surface area contributed by atoms with Gasteiger partial charge in [0.05, 0.1) is 33.7 Å². The first kappa shape index (κ1) is 29.7. The van der Waals surface area contributed by atoms with Gasteiger partial charge in [-0.15, -0.1) is 0 Å². The van der Waals surface area contributed by atoms with Crippen LogP contribution in [0.4, 0.5) is 0 Å². The molecular formula is C48H29N3O. The summed E-state index contributed by atoms with van der Waals surface area (Å²) in [5, 5.41) is 14.9. The van der Waals surface area contributed by atoms with Crippen LogP contribution < -0.4 is 0 Å². The molecule has 4 heteroatoms. The Morgan fingerprint density at radius 2 is 1.08 bits per heavy atom. The molecule has 3 heterocycles. The maximum Gasteiger partial charge on any atom is 0.135 e. The Labute approximate surface area is 300 Å². The average molecular weight is 664 g/mol. The summed E-state index contributed by atoms with van der Waals surface area (Å²) < 4.78 is 8.41. The molecule has 0 aliphatic rings. The zero-order valence-corrected chi connectivity index (χ0v) is 28.0. The molecule has 0 unspecified atom stereocenters. The van der Waals surface area contributed by atoms with E-state index in [4.69, 9.17) is 9.40 Å². The highest BCUT2D eigenvalue weighted by Gasteiger charge is 2.20. The Bertz CT molecular complexity index is 2960. The van der Waals surface area contributed by atoms with Crippen LogP contribution in [0.3, 0.4) is 0 Å². The van der Waals surface area contributed by atoms with E-state index in [9.17, 15) is 5.26 Å². The second-order valence-electron chi connectivity index (χ2n) is 13.1. The molecule has 0 fully saturated rings. The molecule has 0 radical (unpaired) electrons. The number of hydrogen-bond acceptors (Lipinski definition) is 3. The minimum absolute atomic E-state index is 0.603. The highest BCUT2D eigenvalue weighted by atomic mass is 16.3. The van der Waals surface area contributed by atoms with Gasteiger partial charge in [0.2, 0.25) is 0 Å². The number of nitrogens with zero attached hydrogens (tertiary/aromatic N) is 3. The molecule has 0 amide bonds. The summed E-state index contributed by atoms with van der Waals surface area (Å²) in [6.07, 6.45) is 0. The monoisotopic (exact) mass is 663 g/mol. The molecule has 0 aliphatic carbocycles. The van der Waals surface area contributed by atoms with E-state index in [1.807, 2.05) is 48.5 Å². The first-order chi connectivity index (χ1) is 25.7. The number of nitriles is 1. The fraction of sp³-hybridized carbons (Fsp3) is 0. The zero-order valence-electron chi connectivity index (χ0n) is 28.0. The van der Waals surface area contributed by atoms with Crippen LogP contribution in [0.2, 0.25) is 0 Å². The third-order valence-electron chi connectivity index (χ3n) is 10.0. The lowest BCUT2D eigenvalue weighted by Gasteiger charge is -2.16. The lowest BCUT2D eigenvalue weighted by atomic mass is 9.98. The molecule has 52 heavy (non-hydrogen) atoms. The number of fused-ring (bicyclic) bond motifs is 6. The summed E-state index contributed by atoms with van der Waals surface area (Å²) in [7, 11) is 0. The molecule has 0 saturated heterocycles. The summed E-state index contributed by atoms with van der Waals surface area (Å²) in [5.74, 6) is 0. The van der Waals surface area contributed by atoms with Gasteiger partial charge in [0.25, 0.3) is 0 Å². The van der Waals surface area contributed by atoms with Crippen LogP contribution in [0, 0.1) is 11.3 Å². The molecule has 10 rings (SSSR count). The molecular weight excluding hydrogens is 635 g/mol. The molecule has 0 atom stereocenters. The minimum atomic E-state index is 0.603. The third kappa shape index (κ3) is 4.80. The largest absolute Gasteiger partial charge is 0.456 e. The summed E-state index contributed by atoms with van der Waals surface area (Å²) in [4.78, 5) is 5.22. The van der Waals surface area contributed by atoms with E-state index in [1.165, 1.54) is 0 Å². The number of rotatable bonds is 5. The molecule has 10 aromatic rings. The Morgan fingerprint density at radius 1 is 0.442 bits per heavy atom. The molecule has 0 bridgehead atoms. The first-order valence-electron chi connectivity index (χ1n) is 17.4. The average Bonchev–Trinajstić information content (AvgIpc) is 3.76. The SMILES string of the molecule is N#Cc1cccc(-c2ccc3oc4ccccc4c3c2)c1-n1c2ccccc2c2cc(-c3cc(-c4ccccc4)cc(-c4ccccc4)n3)ccc21. The third-order valence-corrected chi connectivity index (χ3v) is 10.0. The van der Waals surface area contributed by atoms with Crippen molar-refractivity contribution in [2.45, 2.75) is 0 Å². The first-order valence-corrected chi connectivity index (χ1v) is 17.4. The molecule has 242 valence electrons. The van der Waals surface area contributed by atoms with Crippen molar-refractivity contribution in [2.75, 3.05) is 0 Å². The number of pyridine rings is 1. The second-order valence-corrected chi connectivity index (χ2v) is 13.1. The summed E-state index contributed by atoms with van der Waals surface area (Å²) in [5.41, 5.74) is 13.4. The van der Waals surface area contributed by atoms with Crippen LogP contribution in [-0.4, -0.2) is 9.55 Å². The van der Waals surface area contributed by atoms with Gasteiger partial charge < -0.3 is 8.98 Å². The van der Waals surface area contributed by atoms with Gasteiger partial charge in [0, 0.05) is 38.2 Å². The van der Waals surface area contributed by atoms with Crippen LogP contribution in [-0.2, 0) is 0 Å². The van der Waals surface area contributed by atoms with Crippen LogP contribution in [0.1, 0.15) is 5.56 Å². The van der Waals surface area contributed by atoms with Gasteiger partial charge in [-0.25, -0.2) is 4.98 Å². The zero-order chi connectivity index (χ0) is 34.6. The fourth-order valence-corrected chi connectivity index (χ4v) is 7.61. The highest BCUT2D eigenvalue weighted by Crippen LogP contribution is 2.41. The van der Waals surface area contributed by atoms with Crippen molar-refractivity contribution in [1.82, 2.24) is 9.55 Å². The van der Waals surface area contributed by atoms with E-state index >= 15 is 0 Å². The molecule has 7 aromatic carbocycles. The molecule has 0 aliphatic heterocycles. The Morgan fingerprint density at radius 3 is 1.88 bits per heavy atom. The Kier molecular flexibility index (Phi) is 6.84. The van der Waals surface area contributed by atoms with Crippen molar-refractivity contribution in [2.24, 2.45) is 0 Å². The standard InChI is InChI=1S/C48H29N3O/c49-30-35-16-11-19-37(33-23-25-47-41(26-33)39-18-8-10-21-46(39)52-47)48(35)51-44-20-9-7-17-38(44)40-27-34(22-24-45(40)51)43-29-36(31-12-3-1-4-13-31)28-42(50-43)32-14-5-2-6-15-32/h1-29H. The molecule has 0 N–H and O–H groups in total. The van der Waals surface area contributed by atoms with E-state index in [0.717, 1.165) is 94.2 Å². The lowest BCUT2D eigenvalue weighted by molar-refractivity contribution is 0.669. The van der Waals surface area contributed by atoms with Gasteiger partial charge in [-0.05, 0) is 71.3 Å². The van der Waals surface area contributed by atoms with E-state index in [2.05, 4.69) is 138 Å². The van der Waals surface area contributed by atoms with E-state index < -0.39 is 0 Å². The van der Waals surface area contributed by atoms with Crippen molar-refractivity contribution >= 4 is 43.7 Å². The maximum absolute atomic E-state index is 10.6. The van der Waals surface area contributed by atoms with Crippen molar-refractivity contribution in [1.29, 1.82) is 5.26 Å². The van der Waals surface area contributed by atoms with Gasteiger partial charge >= 0.3 is 0 Å². The predicted octanol–water partition coefficient (Wildman–Crippen LogP) is 12.6. The Balaban J connectivity index is 1.20. The Hall–Kier alpha value is -7.22. The van der Waals surface area contributed by atoms with Crippen LogP contribution in [0.5, 0.6) is 0 Å². The van der Waals surface area contributed by atoms with Crippen LogP contribution >= 0.6 is 0 Å². The normalized spacial score (nSPS) is 11.4. The second kappa shape index (κ2) is 12.0. The van der Waals surface area contributed by atoms with Crippen molar-refractivity contribution in [3.63, 3.8) is 0 Å². The number of furan rings is 1. The van der Waals surface area contributed by atoms with Crippen molar-refractivity contribution < 1.29 is 4.42 Å². The van der Waals surface area contributed by atoms with Gasteiger partial charge in [-0.2, -0.15) is 5.26 Å². The molecule has 0 spiro atoms. The topological polar surface area (TPSA) is 54.8 Å². The summed E-state index contributed by atoms with van der Waals surface area (Å²) >= 11 is 0. The van der Waals surface area contributed by atoms with Gasteiger partial charge in [-0.1, -0.05) is 121 Å². The molecule has 4 nitrogen and oxygen atoms in total. The predicted molar refractivity (Wildman–Crippen MR) is 212 cm³/mol. The van der Waals surface area contributed by atoms with Crippen molar-refractivity contribution in [3.8, 4) is 56.5 Å².